The van der Waals surface area contributed by atoms with Crippen LogP contribution in [0.3, 0.4) is 0 Å². The van der Waals surface area contributed by atoms with Gasteiger partial charge in [0.25, 0.3) is 0 Å². The first kappa shape index (κ1) is 95.5. The van der Waals surface area contributed by atoms with E-state index in [0.29, 0.717) is 25.7 Å². The van der Waals surface area contributed by atoms with Crippen LogP contribution in [0.15, 0.2) is 24.3 Å². The predicted octanol–water partition coefficient (Wildman–Crippen LogP) is 23.1. The number of hydrogen-bond acceptors (Lipinski definition) is 15. The van der Waals surface area contributed by atoms with Crippen molar-refractivity contribution in [3.8, 4) is 0 Å². The lowest BCUT2D eigenvalue weighted by atomic mass is 9.99. The minimum Gasteiger partial charge on any atom is -0.462 e. The minimum absolute atomic E-state index is 0.101. The molecule has 0 bridgehead atoms. The van der Waals surface area contributed by atoms with Gasteiger partial charge in [0.2, 0.25) is 0 Å². The number of aliphatic hydroxyl groups is 1. The van der Waals surface area contributed by atoms with Crippen LogP contribution in [0.2, 0.25) is 0 Å². The summed E-state index contributed by atoms with van der Waals surface area (Å²) in [4.78, 5) is 72.7. The summed E-state index contributed by atoms with van der Waals surface area (Å²) in [6.07, 6.45) is 62.0. The molecule has 0 aliphatic rings. The minimum atomic E-state index is -4.97. The molecule has 0 amide bonds. The smallest absolute Gasteiger partial charge is 0.462 e. The number of carbonyl (C=O) groups excluding carboxylic acids is 4. The Balaban J connectivity index is 5.20. The van der Waals surface area contributed by atoms with Crippen LogP contribution in [0.25, 0.3) is 0 Å². The first-order valence-corrected chi connectivity index (χ1v) is 43.3. The Labute approximate surface area is 599 Å². The van der Waals surface area contributed by atoms with Gasteiger partial charge in [-0.05, 0) is 63.2 Å². The Morgan fingerprint density at radius 3 is 0.918 bits per heavy atom. The van der Waals surface area contributed by atoms with Crippen molar-refractivity contribution in [2.75, 3.05) is 39.6 Å². The van der Waals surface area contributed by atoms with E-state index in [2.05, 4.69) is 65.8 Å². The molecular weight excluding hydrogens is 1280 g/mol. The zero-order valence-corrected chi connectivity index (χ0v) is 65.4. The number of esters is 4. The van der Waals surface area contributed by atoms with Gasteiger partial charge in [0.1, 0.15) is 19.3 Å². The highest BCUT2D eigenvalue weighted by molar-refractivity contribution is 7.47. The molecule has 0 saturated heterocycles. The van der Waals surface area contributed by atoms with Crippen LogP contribution >= 0.6 is 15.6 Å². The Hall–Kier alpha value is -2.46. The van der Waals surface area contributed by atoms with Crippen molar-refractivity contribution in [1.29, 1.82) is 0 Å². The molecule has 0 aromatic carbocycles. The molecule has 0 aliphatic heterocycles. The molecule has 0 aromatic heterocycles. The first-order chi connectivity index (χ1) is 47.4. The van der Waals surface area contributed by atoms with Gasteiger partial charge >= 0.3 is 39.5 Å². The molecule has 98 heavy (non-hydrogen) atoms. The van der Waals surface area contributed by atoms with E-state index in [-0.39, 0.29) is 25.7 Å². The van der Waals surface area contributed by atoms with Gasteiger partial charge in [0.05, 0.1) is 26.4 Å². The molecule has 17 nitrogen and oxygen atoms in total. The molecule has 0 aliphatic carbocycles. The molecule has 0 saturated carbocycles. The van der Waals surface area contributed by atoms with Gasteiger partial charge in [0, 0.05) is 25.7 Å². The molecule has 3 unspecified atom stereocenters. The van der Waals surface area contributed by atoms with Crippen LogP contribution in [-0.2, 0) is 65.4 Å². The number of allylic oxidation sites excluding steroid dienone is 4. The van der Waals surface area contributed by atoms with Gasteiger partial charge in [-0.15, -0.1) is 0 Å². The first-order valence-electron chi connectivity index (χ1n) is 40.3. The third kappa shape index (κ3) is 70.6. The Morgan fingerprint density at radius 1 is 0.337 bits per heavy atom. The second-order valence-corrected chi connectivity index (χ2v) is 31.4. The highest BCUT2D eigenvalue weighted by atomic mass is 31.2. The van der Waals surface area contributed by atoms with Gasteiger partial charge in [-0.2, -0.15) is 0 Å². The van der Waals surface area contributed by atoms with E-state index in [1.54, 1.807) is 0 Å². The maximum absolute atomic E-state index is 13.1. The molecule has 3 N–H and O–H groups in total. The van der Waals surface area contributed by atoms with E-state index in [1.807, 2.05) is 0 Å². The SMILES string of the molecule is CCCCCC/C=C\C=C/CCCCCCCC(=O)OC[C@H](COP(=O)(O)OC[C@@H](O)COP(=O)(O)OC[C@@H](COC(=O)CCCCCCCCC)OC(=O)CCCCCCCCCCCCCC(C)C)OC(=O)CCCCCCCCCCCCCCCCCCCCC(C)CC. The van der Waals surface area contributed by atoms with Crippen LogP contribution in [0.4, 0.5) is 0 Å². The van der Waals surface area contributed by atoms with Crippen molar-refractivity contribution in [3.05, 3.63) is 24.3 Å². The Morgan fingerprint density at radius 2 is 0.602 bits per heavy atom. The summed E-state index contributed by atoms with van der Waals surface area (Å²) < 4.78 is 68.5. The number of carbonyl (C=O) groups is 4. The van der Waals surface area contributed by atoms with Gasteiger partial charge in [-0.3, -0.25) is 37.3 Å². The maximum atomic E-state index is 13.1. The van der Waals surface area contributed by atoms with Crippen molar-refractivity contribution in [2.24, 2.45) is 11.8 Å². The molecule has 0 spiro atoms. The quantitative estimate of drug-likeness (QED) is 0.0169. The summed E-state index contributed by atoms with van der Waals surface area (Å²) >= 11 is 0. The topological polar surface area (TPSA) is 237 Å². The van der Waals surface area contributed by atoms with Gasteiger partial charge in [-0.25, -0.2) is 9.13 Å². The molecular formula is C79H150O17P2. The van der Waals surface area contributed by atoms with Crippen molar-refractivity contribution in [1.82, 2.24) is 0 Å². The average molecular weight is 1430 g/mol. The van der Waals surface area contributed by atoms with Crippen molar-refractivity contribution in [3.63, 3.8) is 0 Å². The van der Waals surface area contributed by atoms with Crippen LogP contribution in [0.5, 0.6) is 0 Å². The summed E-state index contributed by atoms with van der Waals surface area (Å²) in [6.45, 7) is 9.57. The monoisotopic (exact) mass is 1430 g/mol. The van der Waals surface area contributed by atoms with Crippen molar-refractivity contribution in [2.45, 2.75) is 407 Å². The lowest BCUT2D eigenvalue weighted by molar-refractivity contribution is -0.161. The summed E-state index contributed by atoms with van der Waals surface area (Å²) in [7, 11) is -9.92. The molecule has 0 rings (SSSR count). The fourth-order valence-corrected chi connectivity index (χ4v) is 13.2. The number of hydrogen-bond donors (Lipinski definition) is 3. The fraction of sp³-hybridized carbons (Fsp3) is 0.899. The Kier molecular flexibility index (Phi) is 68.5. The zero-order chi connectivity index (χ0) is 72.1. The summed E-state index contributed by atoms with van der Waals surface area (Å²) in [6, 6.07) is 0. The lowest BCUT2D eigenvalue weighted by Crippen LogP contribution is -2.30. The highest BCUT2D eigenvalue weighted by Gasteiger charge is 2.30. The number of unbranched alkanes of at least 4 members (excludes halogenated alkanes) is 42. The molecule has 6 atom stereocenters. The maximum Gasteiger partial charge on any atom is 0.472 e. The molecule has 0 fully saturated rings. The average Bonchev–Trinajstić information content (AvgIpc) is 1.17. The van der Waals surface area contributed by atoms with E-state index >= 15 is 0 Å². The summed E-state index contributed by atoms with van der Waals surface area (Å²) in [5.74, 6) is -0.514. The van der Waals surface area contributed by atoms with Crippen LogP contribution in [0.1, 0.15) is 388 Å². The number of phosphoric acid groups is 2. The van der Waals surface area contributed by atoms with E-state index in [9.17, 15) is 43.2 Å². The second-order valence-electron chi connectivity index (χ2n) is 28.5. The third-order valence-electron chi connectivity index (χ3n) is 18.2. The van der Waals surface area contributed by atoms with E-state index in [0.717, 1.165) is 134 Å². The van der Waals surface area contributed by atoms with E-state index in [4.69, 9.17) is 37.0 Å². The molecule has 578 valence electrons. The third-order valence-corrected chi connectivity index (χ3v) is 20.1. The molecule has 0 radical (unpaired) electrons. The van der Waals surface area contributed by atoms with Gasteiger partial charge < -0.3 is 33.8 Å². The van der Waals surface area contributed by atoms with E-state index < -0.39 is 97.5 Å². The Bertz CT molecular complexity index is 1990. The van der Waals surface area contributed by atoms with Gasteiger partial charge in [0.15, 0.2) is 12.2 Å². The number of aliphatic hydroxyl groups excluding tert-OH is 1. The van der Waals surface area contributed by atoms with E-state index in [1.165, 1.54) is 173 Å². The lowest BCUT2D eigenvalue weighted by Gasteiger charge is -2.21. The van der Waals surface area contributed by atoms with Gasteiger partial charge in [-0.1, -0.05) is 336 Å². The summed E-state index contributed by atoms with van der Waals surface area (Å²) in [5.41, 5.74) is 0. The highest BCUT2D eigenvalue weighted by Crippen LogP contribution is 2.45. The van der Waals surface area contributed by atoms with Crippen molar-refractivity contribution < 1.29 is 80.2 Å². The number of ether oxygens (including phenoxy) is 4. The normalized spacial score (nSPS) is 14.4. The predicted molar refractivity (Wildman–Crippen MR) is 400 cm³/mol. The van der Waals surface area contributed by atoms with Crippen LogP contribution in [0, 0.1) is 11.8 Å². The van der Waals surface area contributed by atoms with Crippen molar-refractivity contribution >= 4 is 39.5 Å². The van der Waals surface area contributed by atoms with Crippen LogP contribution in [-0.4, -0.2) is 96.7 Å². The molecule has 19 heteroatoms. The zero-order valence-electron chi connectivity index (χ0n) is 63.6. The molecule has 0 aromatic rings. The number of phosphoric ester groups is 2. The largest absolute Gasteiger partial charge is 0.472 e. The van der Waals surface area contributed by atoms with Crippen LogP contribution < -0.4 is 0 Å². The standard InChI is InChI=1S/C79H150O17P2/c1-7-10-12-14-16-17-18-19-24-28-33-38-44-50-56-62-77(82)90-68-75(96-78(83)63-57-51-45-39-34-29-26-23-21-20-22-25-27-32-37-43-48-54-60-72(6)9-3)70-94-98(87,88)92-66-73(80)65-91-97(85,86)93-69-74(67-89-76(81)61-55-49-41-15-13-11-8-2)95-79(84)64-58-52-46-40-35-30-31-36-42-47-53-59-71(4)5/h17-19,24,71-75,80H,7-16,20-23,25-70H2,1-6H3,(H,85,86)(H,87,88)/b18-17-,24-19-/t72?,73-,74+,75+/m0/s1. The fourth-order valence-electron chi connectivity index (χ4n) is 11.6. The molecule has 0 heterocycles. The summed E-state index contributed by atoms with van der Waals surface area (Å²) in [5, 5.41) is 10.6. The number of rotatable bonds is 76. The second kappa shape index (κ2) is 70.2.